The number of hydrogen-bond acceptors (Lipinski definition) is 3. The standard InChI is InChI=1S/C23H34O4/c1-14-10-16-17(27-20(26)12-19(24)25)11-18-21(2,3)7-5-8-22(18,4)23(16)9-6-15(14)13-23/h15-18H,1,5-13H2,2-4H3,(H,24,25)/t15-,16+,17?,18-,22-,23-/m0/s1. The van der Waals surface area contributed by atoms with Crippen LogP contribution < -0.4 is 0 Å². The van der Waals surface area contributed by atoms with Crippen molar-refractivity contribution in [3.63, 3.8) is 0 Å². The zero-order valence-corrected chi connectivity index (χ0v) is 17.1. The van der Waals surface area contributed by atoms with Crippen molar-refractivity contribution >= 4 is 11.9 Å². The lowest BCUT2D eigenvalue weighted by Crippen LogP contribution is -2.62. The van der Waals surface area contributed by atoms with Gasteiger partial charge in [0.05, 0.1) is 0 Å². The molecule has 4 fully saturated rings. The largest absolute Gasteiger partial charge is 0.481 e. The Kier molecular flexibility index (Phi) is 4.29. The van der Waals surface area contributed by atoms with Crippen molar-refractivity contribution in [2.45, 2.75) is 84.7 Å². The highest BCUT2D eigenvalue weighted by atomic mass is 16.5. The minimum Gasteiger partial charge on any atom is -0.481 e. The van der Waals surface area contributed by atoms with Gasteiger partial charge < -0.3 is 9.84 Å². The third-order valence-electron chi connectivity index (χ3n) is 9.18. The lowest BCUT2D eigenvalue weighted by Gasteiger charge is -2.67. The fourth-order valence-electron chi connectivity index (χ4n) is 7.99. The number of carbonyl (C=O) groups excluding carboxylic acids is 1. The smallest absolute Gasteiger partial charge is 0.317 e. The van der Waals surface area contributed by atoms with Crippen molar-refractivity contribution in [3.8, 4) is 0 Å². The Balaban J connectivity index is 1.73. The molecule has 6 atom stereocenters. The van der Waals surface area contributed by atoms with E-state index in [2.05, 4.69) is 27.4 Å². The Morgan fingerprint density at radius 3 is 2.67 bits per heavy atom. The summed E-state index contributed by atoms with van der Waals surface area (Å²) >= 11 is 0. The van der Waals surface area contributed by atoms with Gasteiger partial charge in [0.2, 0.25) is 0 Å². The lowest BCUT2D eigenvalue weighted by molar-refractivity contribution is -0.214. The number of carboxylic acid groups (broad SMARTS) is 1. The molecule has 1 unspecified atom stereocenters. The van der Waals surface area contributed by atoms with Gasteiger partial charge in [-0.05, 0) is 73.0 Å². The zero-order chi connectivity index (χ0) is 19.6. The molecule has 0 radical (unpaired) electrons. The molecule has 4 heteroatoms. The molecule has 4 nitrogen and oxygen atoms in total. The summed E-state index contributed by atoms with van der Waals surface area (Å²) in [6.45, 7) is 11.7. The molecule has 1 N–H and O–H groups in total. The highest BCUT2D eigenvalue weighted by molar-refractivity contribution is 5.90. The number of carboxylic acids is 1. The lowest BCUT2D eigenvalue weighted by atomic mass is 9.38. The normalized spacial score (nSPS) is 44.9. The van der Waals surface area contributed by atoms with Crippen LogP contribution in [-0.4, -0.2) is 23.1 Å². The first-order chi connectivity index (χ1) is 12.6. The predicted octanol–water partition coefficient (Wildman–Crippen LogP) is 4.97. The molecular formula is C23H34O4. The highest BCUT2D eigenvalue weighted by Crippen LogP contribution is 2.74. The van der Waals surface area contributed by atoms with E-state index in [1.54, 1.807) is 0 Å². The van der Waals surface area contributed by atoms with Crippen LogP contribution in [0.5, 0.6) is 0 Å². The molecule has 0 aromatic heterocycles. The van der Waals surface area contributed by atoms with Crippen LogP contribution in [0.2, 0.25) is 0 Å². The quantitative estimate of drug-likeness (QED) is 0.430. The second-order valence-electron chi connectivity index (χ2n) is 10.7. The van der Waals surface area contributed by atoms with E-state index in [1.807, 2.05) is 0 Å². The molecule has 2 bridgehead atoms. The van der Waals surface area contributed by atoms with E-state index in [0.717, 1.165) is 12.8 Å². The molecule has 4 saturated carbocycles. The molecule has 4 aliphatic carbocycles. The minimum absolute atomic E-state index is 0.164. The SMILES string of the molecule is C=C1C[C@@H]2C(OC(=O)CC(=O)O)C[C@H]3C(C)(C)CCC[C@]3(C)[C@]23CC[C@H]1C3. The van der Waals surface area contributed by atoms with Crippen molar-refractivity contribution in [2.75, 3.05) is 0 Å². The van der Waals surface area contributed by atoms with Crippen molar-refractivity contribution in [1.29, 1.82) is 0 Å². The first-order valence-electron chi connectivity index (χ1n) is 10.7. The fourth-order valence-corrected chi connectivity index (χ4v) is 7.99. The van der Waals surface area contributed by atoms with Crippen LogP contribution in [0.3, 0.4) is 0 Å². The van der Waals surface area contributed by atoms with Crippen molar-refractivity contribution in [1.82, 2.24) is 0 Å². The van der Waals surface area contributed by atoms with Crippen LogP contribution in [0.4, 0.5) is 0 Å². The van der Waals surface area contributed by atoms with Crippen LogP contribution in [0.15, 0.2) is 12.2 Å². The molecule has 0 heterocycles. The van der Waals surface area contributed by atoms with Crippen molar-refractivity contribution in [2.24, 2.45) is 34.0 Å². The fraction of sp³-hybridized carbons (Fsp3) is 0.826. The number of hydrogen-bond donors (Lipinski definition) is 1. The summed E-state index contributed by atoms with van der Waals surface area (Å²) in [7, 11) is 0. The molecule has 0 aromatic carbocycles. The zero-order valence-electron chi connectivity index (χ0n) is 17.1. The van der Waals surface area contributed by atoms with Crippen LogP contribution in [0.25, 0.3) is 0 Å². The van der Waals surface area contributed by atoms with E-state index in [0.29, 0.717) is 17.8 Å². The summed E-state index contributed by atoms with van der Waals surface area (Å²) in [6, 6.07) is 0. The van der Waals surface area contributed by atoms with Gasteiger partial charge in [0.15, 0.2) is 0 Å². The Labute approximate surface area is 162 Å². The number of carbonyl (C=O) groups is 2. The molecule has 0 aliphatic heterocycles. The number of fused-ring (bicyclic) bond motifs is 2. The predicted molar refractivity (Wildman–Crippen MR) is 103 cm³/mol. The summed E-state index contributed by atoms with van der Waals surface area (Å²) in [5.74, 6) is -0.246. The molecule has 150 valence electrons. The van der Waals surface area contributed by atoms with Crippen molar-refractivity contribution < 1.29 is 19.4 Å². The summed E-state index contributed by atoms with van der Waals surface area (Å²) in [5.41, 5.74) is 2.05. The maximum atomic E-state index is 12.3. The summed E-state index contributed by atoms with van der Waals surface area (Å²) in [5, 5.41) is 8.99. The van der Waals surface area contributed by atoms with Gasteiger partial charge in [-0.3, -0.25) is 9.59 Å². The maximum absolute atomic E-state index is 12.3. The first-order valence-corrected chi connectivity index (χ1v) is 10.7. The van der Waals surface area contributed by atoms with Gasteiger partial charge in [-0.1, -0.05) is 39.3 Å². The number of allylic oxidation sites excluding steroid dienone is 1. The van der Waals surface area contributed by atoms with E-state index in [1.165, 1.54) is 44.1 Å². The molecule has 4 aliphatic rings. The second-order valence-corrected chi connectivity index (χ2v) is 10.7. The molecular weight excluding hydrogens is 340 g/mol. The van der Waals surface area contributed by atoms with Crippen molar-refractivity contribution in [3.05, 3.63) is 12.2 Å². The highest BCUT2D eigenvalue weighted by Gasteiger charge is 2.68. The van der Waals surface area contributed by atoms with Gasteiger partial charge in [-0.25, -0.2) is 0 Å². The van der Waals surface area contributed by atoms with E-state index >= 15 is 0 Å². The Hall–Kier alpha value is -1.32. The Morgan fingerprint density at radius 1 is 1.22 bits per heavy atom. The van der Waals surface area contributed by atoms with Gasteiger partial charge in [0.1, 0.15) is 12.5 Å². The van der Waals surface area contributed by atoms with Gasteiger partial charge >= 0.3 is 11.9 Å². The molecule has 1 spiro atoms. The van der Waals surface area contributed by atoms with Crippen LogP contribution >= 0.6 is 0 Å². The van der Waals surface area contributed by atoms with E-state index in [9.17, 15) is 9.59 Å². The minimum atomic E-state index is -1.11. The second kappa shape index (κ2) is 6.09. The van der Waals surface area contributed by atoms with Gasteiger partial charge in [0.25, 0.3) is 0 Å². The summed E-state index contributed by atoms with van der Waals surface area (Å²) < 4.78 is 5.89. The van der Waals surface area contributed by atoms with E-state index in [4.69, 9.17) is 9.84 Å². The number of ether oxygens (including phenoxy) is 1. The Morgan fingerprint density at radius 2 is 1.96 bits per heavy atom. The monoisotopic (exact) mass is 374 g/mol. The maximum Gasteiger partial charge on any atom is 0.317 e. The van der Waals surface area contributed by atoms with Gasteiger partial charge in [-0.2, -0.15) is 0 Å². The Bertz CT molecular complexity index is 680. The summed E-state index contributed by atoms with van der Waals surface area (Å²) in [4.78, 5) is 23.2. The van der Waals surface area contributed by atoms with E-state index in [-0.39, 0.29) is 22.3 Å². The molecule has 27 heavy (non-hydrogen) atoms. The third kappa shape index (κ3) is 2.69. The van der Waals surface area contributed by atoms with Gasteiger partial charge in [0, 0.05) is 5.92 Å². The average Bonchev–Trinajstić information content (AvgIpc) is 2.94. The molecule has 4 rings (SSSR count). The van der Waals surface area contributed by atoms with Crippen LogP contribution in [0, 0.1) is 34.0 Å². The van der Waals surface area contributed by atoms with E-state index < -0.39 is 18.4 Å². The number of rotatable bonds is 3. The average molecular weight is 375 g/mol. The van der Waals surface area contributed by atoms with Crippen LogP contribution in [0.1, 0.15) is 78.6 Å². The molecule has 0 saturated heterocycles. The summed E-state index contributed by atoms with van der Waals surface area (Å²) in [6.07, 6.45) is 8.50. The number of esters is 1. The number of aliphatic carboxylic acids is 1. The topological polar surface area (TPSA) is 63.6 Å². The first kappa shape index (κ1) is 19.0. The third-order valence-corrected chi connectivity index (χ3v) is 9.18. The van der Waals surface area contributed by atoms with Gasteiger partial charge in [-0.15, -0.1) is 0 Å². The molecule has 0 aromatic rings. The van der Waals surface area contributed by atoms with Crippen LogP contribution in [-0.2, 0) is 14.3 Å². The molecule has 0 amide bonds.